The molecule has 23 heavy (non-hydrogen) atoms. The highest BCUT2D eigenvalue weighted by Crippen LogP contribution is 2.46. The molecule has 0 amide bonds. The molecule has 1 fully saturated rings. The van der Waals surface area contributed by atoms with E-state index >= 15 is 0 Å². The van der Waals surface area contributed by atoms with Gasteiger partial charge < -0.3 is 0 Å². The Kier molecular flexibility index (Phi) is 8.95. The summed E-state index contributed by atoms with van der Waals surface area (Å²) in [5, 5.41) is 0. The highest BCUT2D eigenvalue weighted by Gasteiger charge is 2.34. The molecule has 0 N–H and O–H groups in total. The fourth-order valence-electron chi connectivity index (χ4n) is 3.91. The molecule has 0 aromatic rings. The summed E-state index contributed by atoms with van der Waals surface area (Å²) in [6, 6.07) is 0. The van der Waals surface area contributed by atoms with E-state index < -0.39 is 0 Å². The Labute approximate surface area is 146 Å². The van der Waals surface area contributed by atoms with Gasteiger partial charge in [-0.1, -0.05) is 64.2 Å². The van der Waals surface area contributed by atoms with E-state index in [4.69, 9.17) is 0 Å². The molecule has 0 saturated heterocycles. The smallest absolute Gasteiger partial charge is 0.0119 e. The molecule has 1 aliphatic rings. The van der Waals surface area contributed by atoms with Crippen molar-refractivity contribution in [3.8, 4) is 0 Å². The molecule has 0 radical (unpaired) electrons. The van der Waals surface area contributed by atoms with E-state index in [0.717, 1.165) is 18.3 Å². The number of hydrogen-bond donors (Lipinski definition) is 0. The Morgan fingerprint density at radius 1 is 1.00 bits per heavy atom. The van der Waals surface area contributed by atoms with Gasteiger partial charge >= 0.3 is 0 Å². The molecule has 0 atom stereocenters. The third-order valence-electron chi connectivity index (χ3n) is 6.16. The lowest BCUT2D eigenvalue weighted by Gasteiger charge is -2.41. The first-order valence-electron chi connectivity index (χ1n) is 9.91. The second-order valence-corrected chi connectivity index (χ2v) is 8.12. The molecule has 1 aliphatic carbocycles. The zero-order valence-electron chi connectivity index (χ0n) is 16.3. The van der Waals surface area contributed by atoms with Crippen molar-refractivity contribution in [1.82, 2.24) is 0 Å². The number of hydrogen-bond acceptors (Lipinski definition) is 0. The van der Waals surface area contributed by atoms with Crippen LogP contribution in [0.25, 0.3) is 0 Å². The minimum absolute atomic E-state index is 0.303. The first-order valence-corrected chi connectivity index (χ1v) is 9.91. The lowest BCUT2D eigenvalue weighted by Crippen LogP contribution is -2.30. The summed E-state index contributed by atoms with van der Waals surface area (Å²) >= 11 is 0. The van der Waals surface area contributed by atoms with E-state index in [1.54, 1.807) is 0 Å². The van der Waals surface area contributed by atoms with E-state index in [2.05, 4.69) is 53.0 Å². The summed E-state index contributed by atoms with van der Waals surface area (Å²) in [4.78, 5) is 0. The van der Waals surface area contributed by atoms with Crippen molar-refractivity contribution in [3.05, 3.63) is 36.5 Å². The summed E-state index contributed by atoms with van der Waals surface area (Å²) in [5.74, 6) is 1.75. The van der Waals surface area contributed by atoms with Gasteiger partial charge in [-0.2, -0.15) is 0 Å². The predicted molar refractivity (Wildman–Crippen MR) is 106 cm³/mol. The monoisotopic (exact) mass is 316 g/mol. The van der Waals surface area contributed by atoms with E-state index in [-0.39, 0.29) is 0 Å². The zero-order chi connectivity index (χ0) is 17.3. The first kappa shape index (κ1) is 20.3. The molecule has 1 saturated carbocycles. The van der Waals surface area contributed by atoms with Gasteiger partial charge in [-0.3, -0.25) is 0 Å². The third kappa shape index (κ3) is 6.69. The van der Waals surface area contributed by atoms with Crippen molar-refractivity contribution < 1.29 is 0 Å². The van der Waals surface area contributed by atoms with Crippen LogP contribution in [0.3, 0.4) is 0 Å². The first-order chi connectivity index (χ1) is 10.9. The molecular weight excluding hydrogens is 276 g/mol. The summed E-state index contributed by atoms with van der Waals surface area (Å²) < 4.78 is 0. The van der Waals surface area contributed by atoms with E-state index in [0.29, 0.717) is 5.41 Å². The van der Waals surface area contributed by atoms with E-state index in [1.807, 2.05) is 0 Å². The highest BCUT2D eigenvalue weighted by molar-refractivity contribution is 5.10. The van der Waals surface area contributed by atoms with Crippen molar-refractivity contribution in [1.29, 1.82) is 0 Å². The van der Waals surface area contributed by atoms with Crippen molar-refractivity contribution >= 4 is 0 Å². The van der Waals surface area contributed by atoms with Crippen LogP contribution in [-0.2, 0) is 0 Å². The average molecular weight is 317 g/mol. The maximum Gasteiger partial charge on any atom is -0.0119 e. The molecule has 0 bridgehead atoms. The minimum atomic E-state index is 0.303. The predicted octanol–water partition coefficient (Wildman–Crippen LogP) is 7.87. The van der Waals surface area contributed by atoms with Gasteiger partial charge in [0.25, 0.3) is 0 Å². The molecule has 0 aromatic heterocycles. The minimum Gasteiger partial charge on any atom is -0.0999 e. The Balaban J connectivity index is 2.40. The lowest BCUT2D eigenvalue weighted by molar-refractivity contribution is 0.161. The fraction of sp³-hybridized carbons (Fsp3) is 0.739. The molecule has 132 valence electrons. The van der Waals surface area contributed by atoms with E-state index in [1.165, 1.54) is 68.9 Å². The summed E-state index contributed by atoms with van der Waals surface area (Å²) in [6.45, 7) is 17.9. The van der Waals surface area contributed by atoms with Crippen LogP contribution < -0.4 is 0 Å². The van der Waals surface area contributed by atoms with Crippen LogP contribution in [0.5, 0.6) is 0 Å². The Morgan fingerprint density at radius 3 is 2.22 bits per heavy atom. The quantitative estimate of drug-likeness (QED) is 0.360. The van der Waals surface area contributed by atoms with Crippen LogP contribution >= 0.6 is 0 Å². The Morgan fingerprint density at radius 2 is 1.65 bits per heavy atom. The van der Waals surface area contributed by atoms with Gasteiger partial charge in [0.1, 0.15) is 0 Å². The highest BCUT2D eigenvalue weighted by atomic mass is 14.4. The Hall–Kier alpha value is -0.780. The maximum absolute atomic E-state index is 4.46. The topological polar surface area (TPSA) is 0 Å². The van der Waals surface area contributed by atoms with Crippen LogP contribution in [0.4, 0.5) is 0 Å². The fourth-order valence-corrected chi connectivity index (χ4v) is 3.91. The molecular formula is C23H40. The molecule has 0 nitrogen and oxygen atoms in total. The van der Waals surface area contributed by atoms with Gasteiger partial charge in [-0.25, -0.2) is 0 Å². The molecule has 0 aromatic carbocycles. The lowest BCUT2D eigenvalue weighted by atomic mass is 9.64. The van der Waals surface area contributed by atoms with Crippen LogP contribution in [0, 0.1) is 17.3 Å². The van der Waals surface area contributed by atoms with Gasteiger partial charge in [0.05, 0.1) is 0 Å². The van der Waals surface area contributed by atoms with E-state index in [9.17, 15) is 0 Å². The normalized spacial score (nSPS) is 22.4. The SMILES string of the molecule is C=C(CC)CCCC(=C)C(C)(C)C1CCC(CC=CCC)CC1. The third-order valence-corrected chi connectivity index (χ3v) is 6.16. The number of rotatable bonds is 10. The summed E-state index contributed by atoms with van der Waals surface area (Å²) in [7, 11) is 0. The van der Waals surface area contributed by atoms with Crippen molar-refractivity contribution in [3.63, 3.8) is 0 Å². The van der Waals surface area contributed by atoms with Gasteiger partial charge in [0.2, 0.25) is 0 Å². The van der Waals surface area contributed by atoms with Gasteiger partial charge in [0, 0.05) is 0 Å². The average Bonchev–Trinajstić information content (AvgIpc) is 2.55. The van der Waals surface area contributed by atoms with Crippen LogP contribution in [0.2, 0.25) is 0 Å². The van der Waals surface area contributed by atoms with Gasteiger partial charge in [0.15, 0.2) is 0 Å². The Bertz CT molecular complexity index is 388. The second kappa shape index (κ2) is 10.2. The van der Waals surface area contributed by atoms with Crippen molar-refractivity contribution in [2.24, 2.45) is 17.3 Å². The maximum atomic E-state index is 4.46. The molecule has 0 spiro atoms. The van der Waals surface area contributed by atoms with Gasteiger partial charge in [-0.05, 0) is 81.5 Å². The summed E-state index contributed by atoms with van der Waals surface area (Å²) in [5.41, 5.74) is 3.16. The molecule has 0 heteroatoms. The molecule has 0 heterocycles. The molecule has 1 rings (SSSR count). The largest absolute Gasteiger partial charge is 0.0999 e. The standard InChI is InChI=1S/C23H40/c1-7-9-10-14-21-15-17-22(18-16-21)23(5,6)20(4)13-11-12-19(3)8-2/h9-10,21-22H,3-4,7-8,11-18H2,1-2,5-6H3. The second-order valence-electron chi connectivity index (χ2n) is 8.12. The van der Waals surface area contributed by atoms with Crippen LogP contribution in [0.1, 0.15) is 91.9 Å². The number of allylic oxidation sites excluding steroid dienone is 4. The molecule has 0 unspecified atom stereocenters. The van der Waals surface area contributed by atoms with Crippen LogP contribution in [-0.4, -0.2) is 0 Å². The van der Waals surface area contributed by atoms with Crippen molar-refractivity contribution in [2.75, 3.05) is 0 Å². The van der Waals surface area contributed by atoms with Gasteiger partial charge in [-0.15, -0.1) is 0 Å². The summed E-state index contributed by atoms with van der Waals surface area (Å²) in [6.07, 6.45) is 17.5. The molecule has 0 aliphatic heterocycles. The van der Waals surface area contributed by atoms with Crippen LogP contribution in [0.15, 0.2) is 36.5 Å². The van der Waals surface area contributed by atoms with Crippen molar-refractivity contribution in [2.45, 2.75) is 91.9 Å². The zero-order valence-corrected chi connectivity index (χ0v) is 16.3.